The predicted octanol–water partition coefficient (Wildman–Crippen LogP) is 2.96. The molecule has 0 radical (unpaired) electrons. The van der Waals surface area contributed by atoms with E-state index < -0.39 is 6.10 Å². The average Bonchev–Trinajstić information content (AvgIpc) is 2.76. The molecule has 3 heteroatoms. The molecular formula is C16H16N2O. The molecule has 19 heavy (non-hydrogen) atoms. The molecule has 0 saturated heterocycles. The van der Waals surface area contributed by atoms with Gasteiger partial charge in [-0.1, -0.05) is 48.0 Å². The van der Waals surface area contributed by atoms with E-state index in [1.165, 1.54) is 0 Å². The van der Waals surface area contributed by atoms with E-state index in [2.05, 4.69) is 5.10 Å². The summed E-state index contributed by atoms with van der Waals surface area (Å²) in [5.41, 5.74) is 3.76. The first-order valence-electron chi connectivity index (χ1n) is 6.33. The third-order valence-corrected chi connectivity index (χ3v) is 3.40. The van der Waals surface area contributed by atoms with E-state index in [4.69, 9.17) is 0 Å². The lowest BCUT2D eigenvalue weighted by molar-refractivity contribution is 0.215. The number of aliphatic hydroxyl groups excluding tert-OH is 1. The van der Waals surface area contributed by atoms with Crippen LogP contribution in [-0.2, 0) is 7.05 Å². The van der Waals surface area contributed by atoms with Crippen LogP contribution in [0.5, 0.6) is 0 Å². The molecule has 3 rings (SSSR count). The highest BCUT2D eigenvalue weighted by molar-refractivity contribution is 5.82. The van der Waals surface area contributed by atoms with E-state index in [0.717, 1.165) is 22.0 Å². The second-order valence-corrected chi connectivity index (χ2v) is 4.84. The summed E-state index contributed by atoms with van der Waals surface area (Å²) in [6.07, 6.45) is -0.689. The number of aryl methyl sites for hydroxylation is 2. The van der Waals surface area contributed by atoms with Crippen LogP contribution < -0.4 is 0 Å². The minimum absolute atomic E-state index is 0.689. The van der Waals surface area contributed by atoms with Crippen LogP contribution in [-0.4, -0.2) is 14.9 Å². The van der Waals surface area contributed by atoms with Crippen LogP contribution in [0.15, 0.2) is 48.5 Å². The largest absolute Gasteiger partial charge is 0.382 e. The Balaban J connectivity index is 2.14. The first-order chi connectivity index (χ1) is 9.16. The molecule has 1 heterocycles. The zero-order valence-electron chi connectivity index (χ0n) is 11.0. The Labute approximate surface area is 112 Å². The van der Waals surface area contributed by atoms with Gasteiger partial charge in [0.25, 0.3) is 0 Å². The maximum atomic E-state index is 10.6. The van der Waals surface area contributed by atoms with Crippen molar-refractivity contribution in [3.8, 4) is 0 Å². The van der Waals surface area contributed by atoms with Gasteiger partial charge in [0.1, 0.15) is 11.8 Å². The van der Waals surface area contributed by atoms with Gasteiger partial charge in [-0.2, -0.15) is 5.10 Å². The number of hydrogen-bond acceptors (Lipinski definition) is 2. The number of aliphatic hydroxyl groups is 1. The number of nitrogens with zero attached hydrogens (tertiary/aromatic N) is 2. The maximum absolute atomic E-state index is 10.6. The van der Waals surface area contributed by atoms with Crippen LogP contribution in [0.1, 0.15) is 22.9 Å². The van der Waals surface area contributed by atoms with Crippen LogP contribution in [0.2, 0.25) is 0 Å². The molecular weight excluding hydrogens is 236 g/mol. The molecule has 0 spiro atoms. The molecule has 0 aliphatic rings. The van der Waals surface area contributed by atoms with Gasteiger partial charge in [-0.25, -0.2) is 0 Å². The fraction of sp³-hybridized carbons (Fsp3) is 0.188. The summed E-state index contributed by atoms with van der Waals surface area (Å²) >= 11 is 0. The van der Waals surface area contributed by atoms with Crippen molar-refractivity contribution in [3.05, 3.63) is 65.4 Å². The van der Waals surface area contributed by atoms with Crippen molar-refractivity contribution < 1.29 is 5.11 Å². The molecule has 0 amide bonds. The van der Waals surface area contributed by atoms with Crippen LogP contribution in [0.25, 0.3) is 10.9 Å². The Kier molecular flexibility index (Phi) is 2.84. The van der Waals surface area contributed by atoms with E-state index in [-0.39, 0.29) is 0 Å². The zero-order valence-corrected chi connectivity index (χ0v) is 11.0. The molecule has 1 aromatic heterocycles. The minimum atomic E-state index is -0.689. The third-order valence-electron chi connectivity index (χ3n) is 3.40. The molecule has 1 unspecified atom stereocenters. The van der Waals surface area contributed by atoms with Gasteiger partial charge in [-0.15, -0.1) is 0 Å². The number of aromatic nitrogens is 2. The molecule has 2 aromatic carbocycles. The van der Waals surface area contributed by atoms with Crippen LogP contribution in [0, 0.1) is 6.92 Å². The van der Waals surface area contributed by atoms with Gasteiger partial charge in [0.15, 0.2) is 0 Å². The van der Waals surface area contributed by atoms with Crippen molar-refractivity contribution in [2.75, 3.05) is 0 Å². The summed E-state index contributed by atoms with van der Waals surface area (Å²) in [6.45, 7) is 2.02. The summed E-state index contributed by atoms with van der Waals surface area (Å²) < 4.78 is 1.81. The average molecular weight is 252 g/mol. The maximum Gasteiger partial charge on any atom is 0.123 e. The molecule has 0 bridgehead atoms. The fourth-order valence-corrected chi connectivity index (χ4v) is 2.44. The van der Waals surface area contributed by atoms with Gasteiger partial charge in [-0.05, 0) is 18.6 Å². The van der Waals surface area contributed by atoms with Crippen molar-refractivity contribution in [2.45, 2.75) is 13.0 Å². The lowest BCUT2D eigenvalue weighted by Crippen LogP contribution is -2.02. The topological polar surface area (TPSA) is 38.1 Å². The van der Waals surface area contributed by atoms with Gasteiger partial charge in [0.05, 0.1) is 5.52 Å². The Bertz CT molecular complexity index is 730. The normalized spacial score (nSPS) is 12.8. The van der Waals surface area contributed by atoms with E-state index in [1.54, 1.807) is 0 Å². The molecule has 0 aliphatic heterocycles. The fourth-order valence-electron chi connectivity index (χ4n) is 2.44. The first-order valence-corrected chi connectivity index (χ1v) is 6.33. The second-order valence-electron chi connectivity index (χ2n) is 4.84. The summed E-state index contributed by atoms with van der Waals surface area (Å²) in [7, 11) is 1.90. The minimum Gasteiger partial charge on any atom is -0.382 e. The lowest BCUT2D eigenvalue weighted by Gasteiger charge is -2.09. The Hall–Kier alpha value is -2.13. The van der Waals surface area contributed by atoms with Gasteiger partial charge in [-0.3, -0.25) is 4.68 Å². The van der Waals surface area contributed by atoms with E-state index in [9.17, 15) is 5.11 Å². The summed E-state index contributed by atoms with van der Waals surface area (Å²) in [4.78, 5) is 0. The molecule has 0 saturated carbocycles. The zero-order chi connectivity index (χ0) is 13.4. The van der Waals surface area contributed by atoms with Crippen molar-refractivity contribution in [2.24, 2.45) is 7.05 Å². The Morgan fingerprint density at radius 3 is 2.68 bits per heavy atom. The first kappa shape index (κ1) is 11.9. The number of benzene rings is 2. The van der Waals surface area contributed by atoms with E-state index in [0.29, 0.717) is 5.69 Å². The quantitative estimate of drug-likeness (QED) is 0.761. The van der Waals surface area contributed by atoms with Gasteiger partial charge < -0.3 is 5.11 Å². The number of fused-ring (bicyclic) bond motifs is 1. The summed E-state index contributed by atoms with van der Waals surface area (Å²) in [5, 5.41) is 16.0. The monoisotopic (exact) mass is 252 g/mol. The van der Waals surface area contributed by atoms with Gasteiger partial charge in [0, 0.05) is 12.4 Å². The Morgan fingerprint density at radius 1 is 1.11 bits per heavy atom. The number of hydrogen-bond donors (Lipinski definition) is 1. The second kappa shape index (κ2) is 4.52. The molecule has 0 fully saturated rings. The Morgan fingerprint density at radius 2 is 1.89 bits per heavy atom. The van der Waals surface area contributed by atoms with Gasteiger partial charge >= 0.3 is 0 Å². The van der Waals surface area contributed by atoms with E-state index >= 15 is 0 Å². The van der Waals surface area contributed by atoms with Crippen LogP contribution in [0.4, 0.5) is 0 Å². The number of para-hydroxylation sites is 1. The predicted molar refractivity (Wildman–Crippen MR) is 76.0 cm³/mol. The van der Waals surface area contributed by atoms with Crippen LogP contribution >= 0.6 is 0 Å². The summed E-state index contributed by atoms with van der Waals surface area (Å²) in [5.74, 6) is 0. The molecule has 1 atom stereocenters. The highest BCUT2D eigenvalue weighted by Gasteiger charge is 2.18. The smallest absolute Gasteiger partial charge is 0.123 e. The van der Waals surface area contributed by atoms with Gasteiger partial charge in [0.2, 0.25) is 0 Å². The van der Waals surface area contributed by atoms with Crippen molar-refractivity contribution in [1.29, 1.82) is 0 Å². The van der Waals surface area contributed by atoms with Crippen molar-refractivity contribution in [1.82, 2.24) is 9.78 Å². The van der Waals surface area contributed by atoms with E-state index in [1.807, 2.05) is 67.2 Å². The highest BCUT2D eigenvalue weighted by Crippen LogP contribution is 2.28. The lowest BCUT2D eigenvalue weighted by atomic mass is 10.0. The third kappa shape index (κ3) is 2.02. The molecule has 96 valence electrons. The highest BCUT2D eigenvalue weighted by atomic mass is 16.3. The standard InChI is InChI=1S/C16H16N2O/c1-11-6-5-7-12(10-11)16(19)15-13-8-3-4-9-14(13)18(2)17-15/h3-10,16,19H,1-2H3. The molecule has 3 aromatic rings. The molecule has 3 nitrogen and oxygen atoms in total. The molecule has 1 N–H and O–H groups in total. The summed E-state index contributed by atoms with van der Waals surface area (Å²) in [6, 6.07) is 15.9. The van der Waals surface area contributed by atoms with Crippen molar-refractivity contribution >= 4 is 10.9 Å². The van der Waals surface area contributed by atoms with Crippen molar-refractivity contribution in [3.63, 3.8) is 0 Å². The molecule has 0 aliphatic carbocycles. The van der Waals surface area contributed by atoms with Crippen LogP contribution in [0.3, 0.4) is 0 Å². The number of rotatable bonds is 2. The SMILES string of the molecule is Cc1cccc(C(O)c2nn(C)c3ccccc23)c1.